The number of fused-ring (bicyclic) bond motifs is 2. The van der Waals surface area contributed by atoms with Gasteiger partial charge in [0.1, 0.15) is 0 Å². The lowest BCUT2D eigenvalue weighted by Gasteiger charge is -2.26. The molecule has 1 amide bonds. The zero-order valence-corrected chi connectivity index (χ0v) is 19.4. The molecule has 0 radical (unpaired) electrons. The third-order valence-corrected chi connectivity index (χ3v) is 7.10. The van der Waals surface area contributed by atoms with Crippen LogP contribution in [-0.2, 0) is 6.54 Å². The topological polar surface area (TPSA) is 74.6 Å². The van der Waals surface area contributed by atoms with Gasteiger partial charge in [-0.25, -0.2) is 4.98 Å². The van der Waals surface area contributed by atoms with Crippen LogP contribution in [0, 0.1) is 0 Å². The third-order valence-electron chi connectivity index (χ3n) is 6.21. The fourth-order valence-corrected chi connectivity index (χ4v) is 5.33. The van der Waals surface area contributed by atoms with Gasteiger partial charge in [-0.3, -0.25) is 19.1 Å². The van der Waals surface area contributed by atoms with Gasteiger partial charge in [-0.15, -0.1) is 11.3 Å². The van der Waals surface area contributed by atoms with E-state index in [1.54, 1.807) is 17.5 Å². The van der Waals surface area contributed by atoms with E-state index in [0.717, 1.165) is 60.0 Å². The number of hydrogen-bond donors (Lipinski definition) is 2. The molecule has 0 spiro atoms. The average molecular weight is 469 g/mol. The van der Waals surface area contributed by atoms with Crippen molar-refractivity contribution < 1.29 is 4.79 Å². The monoisotopic (exact) mass is 468 g/mol. The molecular weight excluding hydrogens is 444 g/mol. The molecule has 34 heavy (non-hydrogen) atoms. The highest BCUT2D eigenvalue weighted by Gasteiger charge is 2.18. The molecule has 5 aromatic rings. The van der Waals surface area contributed by atoms with Crippen LogP contribution in [0.25, 0.3) is 27.1 Å². The van der Waals surface area contributed by atoms with Crippen LogP contribution in [0.5, 0.6) is 0 Å². The minimum absolute atomic E-state index is 0.183. The summed E-state index contributed by atoms with van der Waals surface area (Å²) in [5.41, 5.74) is 4.96. The van der Waals surface area contributed by atoms with Crippen LogP contribution in [0.2, 0.25) is 0 Å². The largest absolute Gasteiger partial charge is 0.321 e. The Morgan fingerprint density at radius 2 is 1.91 bits per heavy atom. The quantitative estimate of drug-likeness (QED) is 0.403. The zero-order chi connectivity index (χ0) is 22.9. The molecule has 1 aliphatic heterocycles. The van der Waals surface area contributed by atoms with Crippen molar-refractivity contribution in [3.63, 3.8) is 0 Å². The molecule has 1 aliphatic rings. The number of piperazine rings is 1. The van der Waals surface area contributed by atoms with E-state index in [1.807, 2.05) is 54.6 Å². The number of benzene rings is 2. The van der Waals surface area contributed by atoms with E-state index >= 15 is 0 Å². The number of thiazole rings is 1. The van der Waals surface area contributed by atoms with Crippen molar-refractivity contribution in [2.45, 2.75) is 6.54 Å². The number of nitrogens with one attached hydrogen (secondary N) is 2. The van der Waals surface area contributed by atoms with E-state index in [2.05, 4.69) is 36.5 Å². The highest BCUT2D eigenvalue weighted by molar-refractivity contribution is 7.15. The maximum Gasteiger partial charge on any atom is 0.257 e. The van der Waals surface area contributed by atoms with Crippen LogP contribution in [0.4, 0.5) is 5.69 Å². The molecule has 1 saturated heterocycles. The van der Waals surface area contributed by atoms with Gasteiger partial charge in [-0.1, -0.05) is 36.4 Å². The van der Waals surface area contributed by atoms with Gasteiger partial charge in [0.15, 0.2) is 4.96 Å². The van der Waals surface area contributed by atoms with Crippen LogP contribution >= 0.6 is 11.3 Å². The summed E-state index contributed by atoms with van der Waals surface area (Å²) in [6.45, 7) is 5.07. The smallest absolute Gasteiger partial charge is 0.257 e. The van der Waals surface area contributed by atoms with Crippen molar-refractivity contribution in [1.29, 1.82) is 0 Å². The molecule has 0 bridgehead atoms. The Morgan fingerprint density at radius 1 is 1.06 bits per heavy atom. The number of aromatic nitrogens is 3. The van der Waals surface area contributed by atoms with Crippen molar-refractivity contribution in [2.24, 2.45) is 0 Å². The Bertz CT molecular complexity index is 1480. The van der Waals surface area contributed by atoms with Gasteiger partial charge < -0.3 is 10.6 Å². The lowest BCUT2D eigenvalue weighted by atomic mass is 10.1. The number of anilines is 1. The fourth-order valence-electron chi connectivity index (χ4n) is 4.46. The molecule has 0 aliphatic carbocycles. The summed E-state index contributed by atoms with van der Waals surface area (Å²) in [6, 6.07) is 17.3. The normalized spacial score (nSPS) is 14.6. The predicted octanol–water partition coefficient (Wildman–Crippen LogP) is 4.27. The number of imidazole rings is 1. The van der Waals surface area contributed by atoms with E-state index < -0.39 is 0 Å². The Kier molecular flexibility index (Phi) is 5.54. The van der Waals surface area contributed by atoms with Crippen LogP contribution in [0.1, 0.15) is 16.1 Å². The van der Waals surface area contributed by atoms with E-state index in [4.69, 9.17) is 4.98 Å². The van der Waals surface area contributed by atoms with E-state index in [1.165, 1.54) is 5.69 Å². The summed E-state index contributed by atoms with van der Waals surface area (Å²) in [6.07, 6.45) is 3.79. The number of amides is 1. The average Bonchev–Trinajstić information content (AvgIpc) is 3.46. The van der Waals surface area contributed by atoms with Gasteiger partial charge in [-0.2, -0.15) is 0 Å². The molecule has 0 saturated carbocycles. The second kappa shape index (κ2) is 8.98. The third kappa shape index (κ3) is 3.96. The summed E-state index contributed by atoms with van der Waals surface area (Å²) in [5.74, 6) is -0.183. The van der Waals surface area contributed by atoms with Crippen molar-refractivity contribution in [3.05, 3.63) is 83.6 Å². The van der Waals surface area contributed by atoms with Gasteiger partial charge in [0.25, 0.3) is 5.91 Å². The molecule has 6 rings (SSSR count). The highest BCUT2D eigenvalue weighted by atomic mass is 32.1. The van der Waals surface area contributed by atoms with Crippen LogP contribution in [-0.4, -0.2) is 51.4 Å². The second-order valence-corrected chi connectivity index (χ2v) is 9.25. The molecule has 170 valence electrons. The number of nitrogens with zero attached hydrogens (tertiary/aromatic N) is 4. The van der Waals surface area contributed by atoms with E-state index in [0.29, 0.717) is 11.1 Å². The van der Waals surface area contributed by atoms with Gasteiger partial charge in [0, 0.05) is 67.1 Å². The summed E-state index contributed by atoms with van der Waals surface area (Å²) < 4.78 is 2.18. The molecule has 2 N–H and O–H groups in total. The molecule has 3 aromatic heterocycles. The first-order valence-corrected chi connectivity index (χ1v) is 12.3. The molecule has 0 unspecified atom stereocenters. The number of pyridine rings is 1. The lowest BCUT2D eigenvalue weighted by molar-refractivity contribution is 0.102. The van der Waals surface area contributed by atoms with Crippen LogP contribution in [0.15, 0.2) is 72.4 Å². The maximum atomic E-state index is 13.2. The number of rotatable bonds is 5. The number of carbonyl (C=O) groups excluding carboxylic acids is 1. The molecular formula is C26H24N6OS. The molecule has 1 fully saturated rings. The highest BCUT2D eigenvalue weighted by Crippen LogP contribution is 2.30. The minimum Gasteiger partial charge on any atom is -0.321 e. The Morgan fingerprint density at radius 3 is 2.82 bits per heavy atom. The molecule has 4 heterocycles. The van der Waals surface area contributed by atoms with E-state index in [9.17, 15) is 4.79 Å². The SMILES string of the molecule is O=C(Nc1ccccc1-c1cn2c(CN3CCNCC3)csc2n1)c1cccc2cccnc12. The van der Waals surface area contributed by atoms with Gasteiger partial charge in [0.2, 0.25) is 0 Å². The molecule has 0 atom stereocenters. The van der Waals surface area contributed by atoms with Crippen molar-refractivity contribution in [3.8, 4) is 11.3 Å². The van der Waals surface area contributed by atoms with Gasteiger partial charge in [0.05, 0.1) is 22.5 Å². The first kappa shape index (κ1) is 21.0. The van der Waals surface area contributed by atoms with Crippen LogP contribution in [0.3, 0.4) is 0 Å². The zero-order valence-electron chi connectivity index (χ0n) is 18.6. The van der Waals surface area contributed by atoms with Crippen molar-refractivity contribution >= 4 is 38.8 Å². The molecule has 2 aromatic carbocycles. The summed E-state index contributed by atoms with van der Waals surface area (Å²) in [4.78, 5) is 25.9. The molecule has 8 heteroatoms. The maximum absolute atomic E-state index is 13.2. The van der Waals surface area contributed by atoms with E-state index in [-0.39, 0.29) is 5.91 Å². The minimum atomic E-state index is -0.183. The second-order valence-electron chi connectivity index (χ2n) is 8.41. The summed E-state index contributed by atoms with van der Waals surface area (Å²) >= 11 is 1.65. The van der Waals surface area contributed by atoms with Crippen LogP contribution < -0.4 is 10.6 Å². The Labute approximate surface area is 201 Å². The first-order chi connectivity index (χ1) is 16.8. The Balaban J connectivity index is 1.30. The van der Waals surface area contributed by atoms with Crippen molar-refractivity contribution in [1.82, 2.24) is 24.6 Å². The van der Waals surface area contributed by atoms with Gasteiger partial charge in [-0.05, 0) is 18.2 Å². The first-order valence-electron chi connectivity index (χ1n) is 11.4. The lowest BCUT2D eigenvalue weighted by Crippen LogP contribution is -2.43. The summed E-state index contributed by atoms with van der Waals surface area (Å²) in [7, 11) is 0. The van der Waals surface area contributed by atoms with Crippen molar-refractivity contribution in [2.75, 3.05) is 31.5 Å². The number of carbonyl (C=O) groups is 1. The fraction of sp³-hybridized carbons (Fsp3) is 0.192. The predicted molar refractivity (Wildman–Crippen MR) is 136 cm³/mol. The Hall–Kier alpha value is -3.59. The molecule has 7 nitrogen and oxygen atoms in total. The number of para-hydroxylation sites is 2. The number of hydrogen-bond acceptors (Lipinski definition) is 6. The van der Waals surface area contributed by atoms with Gasteiger partial charge >= 0.3 is 0 Å². The standard InChI is InChI=1S/C26H24N6OS/c33-25(21-8-3-5-18-6-4-10-28-24(18)21)29-22-9-2-1-7-20(22)23-16-32-19(17-34-26(32)30-23)15-31-13-11-27-12-14-31/h1-10,16-17,27H,11-15H2,(H,29,33). The summed E-state index contributed by atoms with van der Waals surface area (Å²) in [5, 5.41) is 9.63.